The third-order valence-electron chi connectivity index (χ3n) is 4.92. The van der Waals surface area contributed by atoms with Gasteiger partial charge in [0.25, 0.3) is 0 Å². The van der Waals surface area contributed by atoms with Crippen LogP contribution >= 0.6 is 0 Å². The molecule has 188 valence electrons. The maximum absolute atomic E-state index is 12.9. The molecule has 0 aromatic carbocycles. The topological polar surface area (TPSA) is 257 Å². The van der Waals surface area contributed by atoms with Gasteiger partial charge in [-0.15, -0.1) is 0 Å². The molecule has 14 heteroatoms. The summed E-state index contributed by atoms with van der Waals surface area (Å²) in [4.78, 5) is 71.3. The number of nitrogens with two attached hydrogens (primary N) is 3. The van der Waals surface area contributed by atoms with Crippen LogP contribution in [0.15, 0.2) is 0 Å². The van der Waals surface area contributed by atoms with Gasteiger partial charge in [0.05, 0.1) is 18.6 Å². The summed E-state index contributed by atoms with van der Waals surface area (Å²) in [5, 5.41) is 25.4. The number of carboxylic acid groups (broad SMARTS) is 1. The van der Waals surface area contributed by atoms with Gasteiger partial charge in [0.2, 0.25) is 29.5 Å². The number of carbonyl (C=O) groups excluding carboxylic acids is 5. The number of hydrogen-bond donors (Lipinski definition) is 8. The Morgan fingerprint density at radius 2 is 1.39 bits per heavy atom. The van der Waals surface area contributed by atoms with Crippen LogP contribution in [-0.4, -0.2) is 76.0 Å². The summed E-state index contributed by atoms with van der Waals surface area (Å²) < 4.78 is 0. The summed E-state index contributed by atoms with van der Waals surface area (Å²) in [6, 6.07) is -5.55. The molecule has 0 bridgehead atoms. The number of hydrogen-bond acceptors (Lipinski definition) is 8. The Kier molecular flexibility index (Phi) is 12.6. The summed E-state index contributed by atoms with van der Waals surface area (Å²) in [5.41, 5.74) is 15.9. The molecule has 0 saturated heterocycles. The van der Waals surface area contributed by atoms with Gasteiger partial charge in [0, 0.05) is 6.42 Å². The number of aliphatic hydroxyl groups excluding tert-OH is 1. The van der Waals surface area contributed by atoms with Crippen LogP contribution in [0.25, 0.3) is 0 Å². The van der Waals surface area contributed by atoms with Crippen LogP contribution in [0.2, 0.25) is 0 Å². The van der Waals surface area contributed by atoms with Crippen LogP contribution in [0.3, 0.4) is 0 Å². The minimum atomic E-state index is -1.70. The van der Waals surface area contributed by atoms with Crippen LogP contribution in [0, 0.1) is 5.92 Å². The van der Waals surface area contributed by atoms with Crippen LogP contribution < -0.4 is 33.2 Å². The second kappa shape index (κ2) is 14.0. The maximum Gasteiger partial charge on any atom is 0.328 e. The standard InChI is InChI=1S/C19H34N6O8/c1-4-8(2)14(24-16(29)10(20)5-6-12(21)27)18(31)23-11(7-13(22)28)17(30)25-15(9(3)26)19(32)33/h8-11,14-15,26H,4-7,20H2,1-3H3,(H2,21,27)(H2,22,28)(H,23,31)(H,24,29)(H,25,30)(H,32,33). The highest BCUT2D eigenvalue weighted by atomic mass is 16.4. The summed E-state index contributed by atoms with van der Waals surface area (Å²) in [7, 11) is 0. The molecule has 0 aliphatic carbocycles. The second-order valence-electron chi connectivity index (χ2n) is 7.78. The lowest BCUT2D eigenvalue weighted by Gasteiger charge is -2.28. The first-order chi connectivity index (χ1) is 15.2. The number of aliphatic carboxylic acids is 1. The molecular formula is C19H34N6O8. The molecule has 0 aliphatic heterocycles. The molecule has 0 spiro atoms. The maximum atomic E-state index is 12.9. The third kappa shape index (κ3) is 10.7. The van der Waals surface area contributed by atoms with Gasteiger partial charge >= 0.3 is 5.97 Å². The summed E-state index contributed by atoms with van der Waals surface area (Å²) >= 11 is 0. The Morgan fingerprint density at radius 3 is 1.82 bits per heavy atom. The average Bonchev–Trinajstić information content (AvgIpc) is 2.71. The van der Waals surface area contributed by atoms with Crippen molar-refractivity contribution in [3.05, 3.63) is 0 Å². The number of aliphatic hydroxyl groups is 1. The van der Waals surface area contributed by atoms with Crippen molar-refractivity contribution in [1.82, 2.24) is 16.0 Å². The van der Waals surface area contributed by atoms with Crippen LogP contribution in [-0.2, 0) is 28.8 Å². The fourth-order valence-corrected chi connectivity index (χ4v) is 2.71. The largest absolute Gasteiger partial charge is 0.480 e. The third-order valence-corrected chi connectivity index (χ3v) is 4.92. The van der Waals surface area contributed by atoms with Gasteiger partial charge in [-0.25, -0.2) is 4.79 Å². The van der Waals surface area contributed by atoms with Crippen molar-refractivity contribution in [2.24, 2.45) is 23.1 Å². The monoisotopic (exact) mass is 474 g/mol. The molecule has 0 fully saturated rings. The van der Waals surface area contributed by atoms with Crippen molar-refractivity contribution >= 4 is 35.5 Å². The molecule has 0 radical (unpaired) electrons. The van der Waals surface area contributed by atoms with E-state index in [1.807, 2.05) is 5.32 Å². The smallest absolute Gasteiger partial charge is 0.328 e. The molecular weight excluding hydrogens is 440 g/mol. The van der Waals surface area contributed by atoms with E-state index in [-0.39, 0.29) is 12.8 Å². The number of rotatable bonds is 15. The fraction of sp³-hybridized carbons (Fsp3) is 0.684. The summed E-state index contributed by atoms with van der Waals surface area (Å²) in [6.45, 7) is 4.53. The van der Waals surface area contributed by atoms with Crippen molar-refractivity contribution in [2.45, 2.75) is 76.7 Å². The zero-order valence-corrected chi connectivity index (χ0v) is 18.9. The number of carboxylic acids is 1. The molecule has 6 unspecified atom stereocenters. The van der Waals surface area contributed by atoms with E-state index in [4.69, 9.17) is 22.3 Å². The fourth-order valence-electron chi connectivity index (χ4n) is 2.71. The first kappa shape index (κ1) is 29.7. The highest BCUT2D eigenvalue weighted by molar-refractivity contribution is 5.96. The minimum Gasteiger partial charge on any atom is -0.480 e. The first-order valence-electron chi connectivity index (χ1n) is 10.3. The summed E-state index contributed by atoms with van der Waals surface area (Å²) in [5.74, 6) is -6.21. The normalized spacial score (nSPS) is 16.3. The van der Waals surface area contributed by atoms with Gasteiger partial charge in [0.15, 0.2) is 6.04 Å². The van der Waals surface area contributed by atoms with E-state index in [0.29, 0.717) is 6.42 Å². The van der Waals surface area contributed by atoms with E-state index in [1.165, 1.54) is 0 Å². The predicted molar refractivity (Wildman–Crippen MR) is 115 cm³/mol. The van der Waals surface area contributed by atoms with Crippen molar-refractivity contribution in [3.63, 3.8) is 0 Å². The zero-order valence-electron chi connectivity index (χ0n) is 18.9. The Bertz CT molecular complexity index is 744. The highest BCUT2D eigenvalue weighted by Crippen LogP contribution is 2.10. The SMILES string of the molecule is CCC(C)C(NC(=O)C(N)CCC(N)=O)C(=O)NC(CC(N)=O)C(=O)NC(C(=O)O)C(C)O. The summed E-state index contributed by atoms with van der Waals surface area (Å²) in [6.07, 6.45) is -1.87. The van der Waals surface area contributed by atoms with E-state index >= 15 is 0 Å². The lowest BCUT2D eigenvalue weighted by Crippen LogP contribution is -2.60. The molecule has 0 aromatic rings. The minimum absolute atomic E-state index is 0.0430. The molecule has 0 saturated carbocycles. The molecule has 0 heterocycles. The number of carbonyl (C=O) groups is 6. The average molecular weight is 475 g/mol. The quantitative estimate of drug-likeness (QED) is 0.116. The van der Waals surface area contributed by atoms with E-state index in [1.54, 1.807) is 13.8 Å². The predicted octanol–water partition coefficient (Wildman–Crippen LogP) is -3.58. The van der Waals surface area contributed by atoms with Crippen LogP contribution in [0.5, 0.6) is 0 Å². The molecule has 5 amide bonds. The Hall–Kier alpha value is -3.26. The van der Waals surface area contributed by atoms with Gasteiger partial charge in [-0.05, 0) is 19.3 Å². The van der Waals surface area contributed by atoms with Gasteiger partial charge in [-0.1, -0.05) is 20.3 Å². The van der Waals surface area contributed by atoms with Crippen molar-refractivity contribution in [1.29, 1.82) is 0 Å². The van der Waals surface area contributed by atoms with E-state index in [2.05, 4.69) is 10.6 Å². The van der Waals surface area contributed by atoms with Gasteiger partial charge in [-0.3, -0.25) is 24.0 Å². The molecule has 0 aliphatic rings. The number of nitrogens with one attached hydrogen (secondary N) is 3. The van der Waals surface area contributed by atoms with Crippen molar-refractivity contribution in [2.75, 3.05) is 0 Å². The lowest BCUT2D eigenvalue weighted by molar-refractivity contribution is -0.145. The van der Waals surface area contributed by atoms with Crippen LogP contribution in [0.1, 0.15) is 46.5 Å². The first-order valence-corrected chi connectivity index (χ1v) is 10.3. The molecule has 0 rings (SSSR count). The molecule has 0 aromatic heterocycles. The van der Waals surface area contributed by atoms with Crippen molar-refractivity contribution < 1.29 is 39.0 Å². The van der Waals surface area contributed by atoms with E-state index < -0.39 is 78.1 Å². The Morgan fingerprint density at radius 1 is 0.848 bits per heavy atom. The Balaban J connectivity index is 5.54. The molecule has 33 heavy (non-hydrogen) atoms. The van der Waals surface area contributed by atoms with Gasteiger partial charge < -0.3 is 43.4 Å². The lowest BCUT2D eigenvalue weighted by atomic mass is 9.97. The number of primary amides is 2. The van der Waals surface area contributed by atoms with E-state index in [9.17, 15) is 33.9 Å². The molecule has 14 nitrogen and oxygen atoms in total. The van der Waals surface area contributed by atoms with Gasteiger partial charge in [-0.2, -0.15) is 0 Å². The number of amides is 5. The Labute approximate surface area is 191 Å². The van der Waals surface area contributed by atoms with E-state index in [0.717, 1.165) is 6.92 Å². The molecule has 6 atom stereocenters. The second-order valence-corrected chi connectivity index (χ2v) is 7.78. The zero-order chi connectivity index (χ0) is 25.9. The highest BCUT2D eigenvalue weighted by Gasteiger charge is 2.34. The van der Waals surface area contributed by atoms with Gasteiger partial charge in [0.1, 0.15) is 12.1 Å². The molecule has 11 N–H and O–H groups in total. The van der Waals surface area contributed by atoms with Crippen LogP contribution in [0.4, 0.5) is 0 Å². The van der Waals surface area contributed by atoms with Crippen molar-refractivity contribution in [3.8, 4) is 0 Å².